The molecule has 0 aliphatic carbocycles. The molecule has 0 heterocycles. The third kappa shape index (κ3) is 5.36. The summed E-state index contributed by atoms with van der Waals surface area (Å²) < 4.78 is 16.1. The van der Waals surface area contributed by atoms with Gasteiger partial charge in [-0.3, -0.25) is 0 Å². The van der Waals surface area contributed by atoms with Gasteiger partial charge in [0.2, 0.25) is 0 Å². The average molecular weight is 301 g/mol. The molecule has 2 rings (SSSR count). The molecule has 0 saturated heterocycles. The summed E-state index contributed by atoms with van der Waals surface area (Å²) in [7, 11) is 0. The van der Waals surface area contributed by atoms with E-state index in [1.165, 1.54) is 0 Å². The van der Waals surface area contributed by atoms with E-state index >= 15 is 0 Å². The van der Waals surface area contributed by atoms with Crippen LogP contribution >= 0.6 is 0 Å². The highest BCUT2D eigenvalue weighted by atomic mass is 16.6. The molecule has 116 valence electrons. The molecular weight excluding hydrogens is 282 g/mol. The molecule has 1 atom stereocenters. The molecule has 2 aromatic rings. The van der Waals surface area contributed by atoms with E-state index in [4.69, 9.17) is 19.9 Å². The van der Waals surface area contributed by atoms with Crippen molar-refractivity contribution in [2.24, 2.45) is 5.73 Å². The number of hydrogen-bond acceptors (Lipinski definition) is 4. The molecule has 0 aromatic heterocycles. The molecule has 0 radical (unpaired) electrons. The zero-order valence-electron chi connectivity index (χ0n) is 12.4. The summed E-state index contributed by atoms with van der Waals surface area (Å²) in [5.41, 5.74) is 4.94. The van der Waals surface area contributed by atoms with Gasteiger partial charge in [-0.05, 0) is 43.3 Å². The van der Waals surface area contributed by atoms with Gasteiger partial charge < -0.3 is 19.9 Å². The molecule has 22 heavy (non-hydrogen) atoms. The zero-order valence-corrected chi connectivity index (χ0v) is 12.4. The van der Waals surface area contributed by atoms with Crippen molar-refractivity contribution in [1.82, 2.24) is 0 Å². The number of carbonyl (C=O) groups excluding carboxylic acids is 1. The fraction of sp³-hybridized carbons (Fsp3) is 0.235. The first-order valence-corrected chi connectivity index (χ1v) is 7.05. The summed E-state index contributed by atoms with van der Waals surface area (Å²) in [5.74, 6) is 2.25. The Bertz CT molecular complexity index is 583. The molecule has 0 aliphatic heterocycles. The standard InChI is InChI=1S/C17H19NO4/c1-13(21-17(18)19)11-12-20-14-7-9-16(10-8-14)22-15-5-3-2-4-6-15/h2-10,13H,11-12H2,1H3,(H2,18,19). The van der Waals surface area contributed by atoms with Crippen LogP contribution in [-0.4, -0.2) is 18.8 Å². The van der Waals surface area contributed by atoms with Crippen LogP contribution in [0, 0.1) is 0 Å². The molecule has 1 unspecified atom stereocenters. The maximum absolute atomic E-state index is 10.6. The van der Waals surface area contributed by atoms with Gasteiger partial charge in [-0.2, -0.15) is 0 Å². The van der Waals surface area contributed by atoms with Crippen molar-refractivity contribution in [2.45, 2.75) is 19.4 Å². The van der Waals surface area contributed by atoms with Crippen LogP contribution in [0.25, 0.3) is 0 Å². The Morgan fingerprint density at radius 2 is 1.59 bits per heavy atom. The first kappa shape index (κ1) is 15.7. The van der Waals surface area contributed by atoms with Gasteiger partial charge in [-0.1, -0.05) is 18.2 Å². The van der Waals surface area contributed by atoms with Gasteiger partial charge in [0.1, 0.15) is 23.4 Å². The number of amides is 1. The predicted octanol–water partition coefficient (Wildman–Crippen LogP) is 3.73. The van der Waals surface area contributed by atoms with Crippen molar-refractivity contribution < 1.29 is 19.0 Å². The van der Waals surface area contributed by atoms with Crippen LogP contribution in [0.4, 0.5) is 4.79 Å². The second-order valence-electron chi connectivity index (χ2n) is 4.77. The number of rotatable bonds is 7. The van der Waals surface area contributed by atoms with Crippen molar-refractivity contribution in [3.05, 3.63) is 54.6 Å². The SMILES string of the molecule is CC(CCOc1ccc(Oc2ccccc2)cc1)OC(N)=O. The first-order chi connectivity index (χ1) is 10.6. The minimum absolute atomic E-state index is 0.266. The fourth-order valence-corrected chi connectivity index (χ4v) is 1.83. The van der Waals surface area contributed by atoms with Gasteiger partial charge >= 0.3 is 6.09 Å². The summed E-state index contributed by atoms with van der Waals surface area (Å²) in [4.78, 5) is 10.6. The molecule has 0 fully saturated rings. The van der Waals surface area contributed by atoms with Gasteiger partial charge in [0.05, 0.1) is 6.61 Å². The number of benzene rings is 2. The Morgan fingerprint density at radius 3 is 2.23 bits per heavy atom. The predicted molar refractivity (Wildman–Crippen MR) is 83.2 cm³/mol. The number of para-hydroxylation sites is 1. The Balaban J connectivity index is 1.78. The van der Waals surface area contributed by atoms with Crippen LogP contribution in [0.15, 0.2) is 54.6 Å². The number of nitrogens with two attached hydrogens (primary N) is 1. The minimum Gasteiger partial charge on any atom is -0.493 e. The molecule has 0 saturated carbocycles. The topological polar surface area (TPSA) is 70.8 Å². The quantitative estimate of drug-likeness (QED) is 0.845. The van der Waals surface area contributed by atoms with Crippen LogP contribution in [0.3, 0.4) is 0 Å². The third-order valence-corrected chi connectivity index (χ3v) is 2.91. The maximum atomic E-state index is 10.6. The maximum Gasteiger partial charge on any atom is 0.404 e. The van der Waals surface area contributed by atoms with Crippen LogP contribution < -0.4 is 15.2 Å². The van der Waals surface area contributed by atoms with E-state index in [1.807, 2.05) is 54.6 Å². The molecular formula is C17H19NO4. The highest BCUT2D eigenvalue weighted by Gasteiger charge is 2.06. The smallest absolute Gasteiger partial charge is 0.404 e. The van der Waals surface area contributed by atoms with Crippen molar-refractivity contribution in [1.29, 1.82) is 0 Å². The number of hydrogen-bond donors (Lipinski definition) is 1. The number of primary amides is 1. The molecule has 0 bridgehead atoms. The van der Waals surface area contributed by atoms with E-state index in [1.54, 1.807) is 6.92 Å². The lowest BCUT2D eigenvalue weighted by atomic mass is 10.3. The summed E-state index contributed by atoms with van der Waals surface area (Å²) in [5, 5.41) is 0. The normalized spacial score (nSPS) is 11.5. The van der Waals surface area contributed by atoms with Crippen LogP contribution in [0.5, 0.6) is 17.2 Å². The lowest BCUT2D eigenvalue weighted by molar-refractivity contribution is 0.101. The van der Waals surface area contributed by atoms with E-state index in [0.29, 0.717) is 13.0 Å². The van der Waals surface area contributed by atoms with Gasteiger partial charge in [0.15, 0.2) is 0 Å². The Kier molecular flexibility index (Phi) is 5.65. The summed E-state index contributed by atoms with van der Waals surface area (Å²) >= 11 is 0. The minimum atomic E-state index is -0.769. The van der Waals surface area contributed by atoms with E-state index in [0.717, 1.165) is 17.2 Å². The molecule has 2 aromatic carbocycles. The van der Waals surface area contributed by atoms with Gasteiger partial charge in [-0.15, -0.1) is 0 Å². The van der Waals surface area contributed by atoms with Crippen molar-refractivity contribution >= 4 is 6.09 Å². The van der Waals surface area contributed by atoms with E-state index in [2.05, 4.69) is 0 Å². The first-order valence-electron chi connectivity index (χ1n) is 7.05. The van der Waals surface area contributed by atoms with Crippen molar-refractivity contribution in [2.75, 3.05) is 6.61 Å². The highest BCUT2D eigenvalue weighted by Crippen LogP contribution is 2.23. The molecule has 0 aliphatic rings. The van der Waals surface area contributed by atoms with Crippen LogP contribution in [0.2, 0.25) is 0 Å². The highest BCUT2D eigenvalue weighted by molar-refractivity contribution is 5.64. The largest absolute Gasteiger partial charge is 0.493 e. The van der Waals surface area contributed by atoms with Gasteiger partial charge in [0, 0.05) is 6.42 Å². The third-order valence-electron chi connectivity index (χ3n) is 2.91. The lowest BCUT2D eigenvalue weighted by Crippen LogP contribution is -2.21. The number of ether oxygens (including phenoxy) is 3. The van der Waals surface area contributed by atoms with Crippen LogP contribution in [0.1, 0.15) is 13.3 Å². The van der Waals surface area contributed by atoms with Crippen molar-refractivity contribution in [3.63, 3.8) is 0 Å². The van der Waals surface area contributed by atoms with Crippen molar-refractivity contribution in [3.8, 4) is 17.2 Å². The summed E-state index contributed by atoms with van der Waals surface area (Å²) in [6.07, 6.45) is -0.460. The average Bonchev–Trinajstić information content (AvgIpc) is 2.49. The van der Waals surface area contributed by atoms with Crippen LogP contribution in [-0.2, 0) is 4.74 Å². The monoisotopic (exact) mass is 301 g/mol. The second-order valence-corrected chi connectivity index (χ2v) is 4.77. The zero-order chi connectivity index (χ0) is 15.8. The molecule has 1 amide bonds. The fourth-order valence-electron chi connectivity index (χ4n) is 1.83. The lowest BCUT2D eigenvalue weighted by Gasteiger charge is -2.12. The Morgan fingerprint density at radius 1 is 1.00 bits per heavy atom. The van der Waals surface area contributed by atoms with E-state index in [9.17, 15) is 4.79 Å². The molecule has 2 N–H and O–H groups in total. The molecule has 5 nitrogen and oxygen atoms in total. The number of carbonyl (C=O) groups is 1. The van der Waals surface area contributed by atoms with E-state index in [-0.39, 0.29) is 6.10 Å². The van der Waals surface area contributed by atoms with Gasteiger partial charge in [0.25, 0.3) is 0 Å². The van der Waals surface area contributed by atoms with E-state index < -0.39 is 6.09 Å². The summed E-state index contributed by atoms with van der Waals surface area (Å²) in [6.45, 7) is 2.21. The summed E-state index contributed by atoms with van der Waals surface area (Å²) in [6, 6.07) is 16.9. The van der Waals surface area contributed by atoms with Gasteiger partial charge in [-0.25, -0.2) is 4.79 Å². The Labute approximate surface area is 129 Å². The Hall–Kier alpha value is -2.69. The molecule has 5 heteroatoms. The molecule has 0 spiro atoms. The second kappa shape index (κ2) is 7.93.